The van der Waals surface area contributed by atoms with Crippen LogP contribution in [0.5, 0.6) is 0 Å². The molecule has 0 radical (unpaired) electrons. The highest BCUT2D eigenvalue weighted by Crippen LogP contribution is 2.30. The zero-order chi connectivity index (χ0) is 17.8. The molecule has 3 aliphatic rings. The van der Waals surface area contributed by atoms with E-state index in [1.54, 1.807) is 0 Å². The maximum atomic E-state index is 12.7. The molecule has 0 spiro atoms. The van der Waals surface area contributed by atoms with Crippen LogP contribution in [0.25, 0.3) is 0 Å². The zero-order valence-corrected chi connectivity index (χ0v) is 15.7. The Morgan fingerprint density at radius 3 is 2.69 bits per heavy atom. The van der Waals surface area contributed by atoms with Crippen LogP contribution in [0, 0.1) is 11.8 Å². The van der Waals surface area contributed by atoms with Crippen LogP contribution in [-0.2, 0) is 16.0 Å². The van der Waals surface area contributed by atoms with Gasteiger partial charge < -0.3 is 14.2 Å². The van der Waals surface area contributed by atoms with E-state index in [9.17, 15) is 4.79 Å². The molecule has 1 aromatic rings. The van der Waals surface area contributed by atoms with Crippen LogP contribution in [0.15, 0.2) is 4.52 Å². The molecule has 2 aliphatic heterocycles. The smallest absolute Gasteiger partial charge is 0.229 e. The molecule has 1 unspecified atom stereocenters. The summed E-state index contributed by atoms with van der Waals surface area (Å²) >= 11 is 0. The van der Waals surface area contributed by atoms with Crippen molar-refractivity contribution in [3.8, 4) is 0 Å². The van der Waals surface area contributed by atoms with Crippen molar-refractivity contribution in [3.05, 3.63) is 11.7 Å². The SMILES string of the molecule is O=C(C1CCCC1)N1CCCC(CCc2noc(C3CCOCC3)n2)C1. The Morgan fingerprint density at radius 2 is 1.88 bits per heavy atom. The summed E-state index contributed by atoms with van der Waals surface area (Å²) in [5.41, 5.74) is 0. The third-order valence-electron chi connectivity index (χ3n) is 6.37. The topological polar surface area (TPSA) is 68.5 Å². The minimum atomic E-state index is 0.299. The maximum absolute atomic E-state index is 12.7. The van der Waals surface area contributed by atoms with Crippen molar-refractivity contribution in [1.82, 2.24) is 15.0 Å². The third-order valence-corrected chi connectivity index (χ3v) is 6.37. The molecule has 0 aromatic carbocycles. The van der Waals surface area contributed by atoms with Gasteiger partial charge in [-0.15, -0.1) is 0 Å². The molecule has 1 atom stereocenters. The highest BCUT2D eigenvalue weighted by atomic mass is 16.5. The van der Waals surface area contributed by atoms with Gasteiger partial charge in [0.15, 0.2) is 5.82 Å². The summed E-state index contributed by atoms with van der Waals surface area (Å²) in [5, 5.41) is 4.19. The molecule has 1 aromatic heterocycles. The second-order valence-electron chi connectivity index (χ2n) is 8.25. The Hall–Kier alpha value is -1.43. The molecule has 0 bridgehead atoms. The third kappa shape index (κ3) is 4.27. The van der Waals surface area contributed by atoms with Crippen LogP contribution in [0.2, 0.25) is 0 Å². The minimum Gasteiger partial charge on any atom is -0.381 e. The number of hydrogen-bond acceptors (Lipinski definition) is 5. The number of carbonyl (C=O) groups is 1. The first-order valence-corrected chi connectivity index (χ1v) is 10.5. The zero-order valence-electron chi connectivity index (χ0n) is 15.7. The predicted octanol–water partition coefficient (Wildman–Crippen LogP) is 3.33. The van der Waals surface area contributed by atoms with E-state index in [1.807, 2.05) is 0 Å². The number of likely N-dealkylation sites (tertiary alicyclic amines) is 1. The van der Waals surface area contributed by atoms with Crippen LogP contribution >= 0.6 is 0 Å². The van der Waals surface area contributed by atoms with Gasteiger partial charge in [-0.25, -0.2) is 0 Å². The number of piperidine rings is 1. The number of amides is 1. The summed E-state index contributed by atoms with van der Waals surface area (Å²) in [7, 11) is 0. The van der Waals surface area contributed by atoms with Gasteiger partial charge in [0.1, 0.15) is 0 Å². The van der Waals surface area contributed by atoms with E-state index in [0.29, 0.717) is 23.7 Å². The van der Waals surface area contributed by atoms with E-state index < -0.39 is 0 Å². The molecule has 3 fully saturated rings. The minimum absolute atomic E-state index is 0.299. The van der Waals surface area contributed by atoms with Crippen LogP contribution in [0.1, 0.15) is 75.4 Å². The van der Waals surface area contributed by atoms with Gasteiger partial charge in [-0.2, -0.15) is 4.98 Å². The Morgan fingerprint density at radius 1 is 1.08 bits per heavy atom. The van der Waals surface area contributed by atoms with Crippen molar-refractivity contribution in [1.29, 1.82) is 0 Å². The molecular weight excluding hydrogens is 330 g/mol. The number of aromatic nitrogens is 2. The summed E-state index contributed by atoms with van der Waals surface area (Å²) in [6.07, 6.45) is 10.8. The highest BCUT2D eigenvalue weighted by Gasteiger charge is 2.30. The molecule has 0 N–H and O–H groups in total. The molecule has 2 saturated heterocycles. The second kappa shape index (κ2) is 8.51. The molecule has 4 rings (SSSR count). The van der Waals surface area contributed by atoms with Gasteiger partial charge in [0.25, 0.3) is 0 Å². The molecule has 1 aliphatic carbocycles. The molecular formula is C20H31N3O3. The van der Waals surface area contributed by atoms with E-state index in [1.165, 1.54) is 19.3 Å². The van der Waals surface area contributed by atoms with Gasteiger partial charge in [0.05, 0.1) is 0 Å². The average Bonchev–Trinajstić information content (AvgIpc) is 3.39. The lowest BCUT2D eigenvalue weighted by Gasteiger charge is -2.34. The van der Waals surface area contributed by atoms with E-state index in [0.717, 1.165) is 83.0 Å². The first-order valence-electron chi connectivity index (χ1n) is 10.5. The molecule has 144 valence electrons. The van der Waals surface area contributed by atoms with Crippen molar-refractivity contribution in [2.75, 3.05) is 26.3 Å². The van der Waals surface area contributed by atoms with Gasteiger partial charge >= 0.3 is 0 Å². The summed E-state index contributed by atoms with van der Waals surface area (Å²) in [5.74, 6) is 3.25. The van der Waals surface area contributed by atoms with E-state index >= 15 is 0 Å². The maximum Gasteiger partial charge on any atom is 0.229 e. The van der Waals surface area contributed by atoms with Crippen molar-refractivity contribution < 1.29 is 14.1 Å². The summed E-state index contributed by atoms with van der Waals surface area (Å²) in [6, 6.07) is 0. The predicted molar refractivity (Wildman–Crippen MR) is 96.7 cm³/mol. The molecule has 6 nitrogen and oxygen atoms in total. The lowest BCUT2D eigenvalue weighted by molar-refractivity contribution is -0.137. The van der Waals surface area contributed by atoms with Crippen molar-refractivity contribution in [2.45, 2.75) is 70.1 Å². The van der Waals surface area contributed by atoms with E-state index in [-0.39, 0.29) is 0 Å². The molecule has 26 heavy (non-hydrogen) atoms. The number of hydrogen-bond donors (Lipinski definition) is 0. The lowest BCUT2D eigenvalue weighted by atomic mass is 9.92. The molecule has 3 heterocycles. The van der Waals surface area contributed by atoms with Crippen LogP contribution in [-0.4, -0.2) is 47.3 Å². The normalized spacial score (nSPS) is 25.7. The Labute approximate surface area is 155 Å². The van der Waals surface area contributed by atoms with E-state index in [2.05, 4.69) is 15.0 Å². The van der Waals surface area contributed by atoms with Gasteiger partial charge in [-0.1, -0.05) is 18.0 Å². The van der Waals surface area contributed by atoms with Gasteiger partial charge in [0.2, 0.25) is 11.8 Å². The monoisotopic (exact) mass is 361 g/mol. The van der Waals surface area contributed by atoms with Gasteiger partial charge in [0, 0.05) is 44.6 Å². The first-order chi connectivity index (χ1) is 12.8. The van der Waals surface area contributed by atoms with Crippen molar-refractivity contribution >= 4 is 5.91 Å². The van der Waals surface area contributed by atoms with Crippen LogP contribution in [0.4, 0.5) is 0 Å². The Bertz CT molecular complexity index is 591. The number of nitrogens with zero attached hydrogens (tertiary/aromatic N) is 3. The Balaban J connectivity index is 1.26. The van der Waals surface area contributed by atoms with Crippen molar-refractivity contribution in [2.24, 2.45) is 11.8 Å². The van der Waals surface area contributed by atoms with Crippen LogP contribution in [0.3, 0.4) is 0 Å². The lowest BCUT2D eigenvalue weighted by Crippen LogP contribution is -2.42. The highest BCUT2D eigenvalue weighted by molar-refractivity contribution is 5.79. The fourth-order valence-corrected chi connectivity index (χ4v) is 4.74. The largest absolute Gasteiger partial charge is 0.381 e. The summed E-state index contributed by atoms with van der Waals surface area (Å²) < 4.78 is 10.9. The Kier molecular flexibility index (Phi) is 5.88. The van der Waals surface area contributed by atoms with Crippen molar-refractivity contribution in [3.63, 3.8) is 0 Å². The number of aryl methyl sites for hydroxylation is 1. The van der Waals surface area contributed by atoms with Gasteiger partial charge in [-0.05, 0) is 50.9 Å². The number of rotatable bonds is 5. The quantitative estimate of drug-likeness (QED) is 0.805. The van der Waals surface area contributed by atoms with E-state index in [4.69, 9.17) is 9.26 Å². The summed E-state index contributed by atoms with van der Waals surface area (Å²) in [6.45, 7) is 3.44. The number of ether oxygens (including phenoxy) is 1. The van der Waals surface area contributed by atoms with Crippen LogP contribution < -0.4 is 0 Å². The van der Waals surface area contributed by atoms with Gasteiger partial charge in [-0.3, -0.25) is 4.79 Å². The fourth-order valence-electron chi connectivity index (χ4n) is 4.74. The molecule has 1 saturated carbocycles. The fraction of sp³-hybridized carbons (Fsp3) is 0.850. The molecule has 6 heteroatoms. The average molecular weight is 361 g/mol. The first kappa shape index (κ1) is 18.0. The summed E-state index contributed by atoms with van der Waals surface area (Å²) in [4.78, 5) is 19.4. The second-order valence-corrected chi connectivity index (χ2v) is 8.25. The molecule has 1 amide bonds. The number of carbonyl (C=O) groups excluding carboxylic acids is 1. The standard InChI is InChI=1S/C20H31N3O3/c24-20(17-5-1-2-6-17)23-11-3-4-15(14-23)7-8-18-21-19(26-22-18)16-9-12-25-13-10-16/h15-17H,1-14H2.